The summed E-state index contributed by atoms with van der Waals surface area (Å²) in [6, 6.07) is 0. The lowest BCUT2D eigenvalue weighted by Crippen LogP contribution is -2.32. The number of alkyl halides is 2. The molecule has 0 aromatic heterocycles. The highest BCUT2D eigenvalue weighted by atomic mass is 31.2. The Hall–Kier alpha value is -0.440. The number of hydrogen-bond donors (Lipinski definition) is 0. The Morgan fingerprint density at radius 2 is 1.71 bits per heavy atom. The summed E-state index contributed by atoms with van der Waals surface area (Å²) >= 11 is 0. The van der Waals surface area contributed by atoms with Crippen LogP contribution in [-0.2, 0) is 14.1 Å². The maximum Gasteiger partial charge on any atom is 0.391 e. The van der Waals surface area contributed by atoms with Gasteiger partial charge in [0.1, 0.15) is 0 Å². The lowest BCUT2D eigenvalue weighted by atomic mass is 10.7. The standard InChI is InChI=1S/C8H15F2O3P/c1-4-13-7(11)8(9,10)14(12,5-2)6-3/h4-6H2,1-3H3. The van der Waals surface area contributed by atoms with Crippen LogP contribution in [0.5, 0.6) is 0 Å². The van der Waals surface area contributed by atoms with Crippen molar-refractivity contribution in [3.8, 4) is 0 Å². The van der Waals surface area contributed by atoms with Gasteiger partial charge < -0.3 is 9.30 Å². The zero-order chi connectivity index (χ0) is 11.4. The monoisotopic (exact) mass is 228 g/mol. The first-order valence-corrected chi connectivity index (χ1v) is 6.56. The predicted molar refractivity (Wildman–Crippen MR) is 50.3 cm³/mol. The third-order valence-corrected chi connectivity index (χ3v) is 5.30. The van der Waals surface area contributed by atoms with Crippen LogP contribution in [0.25, 0.3) is 0 Å². The summed E-state index contributed by atoms with van der Waals surface area (Å²) in [5.74, 6) is -1.67. The van der Waals surface area contributed by atoms with Crippen LogP contribution in [0.2, 0.25) is 0 Å². The van der Waals surface area contributed by atoms with E-state index in [0.29, 0.717) is 0 Å². The molecule has 0 N–H and O–H groups in total. The van der Waals surface area contributed by atoms with E-state index in [4.69, 9.17) is 0 Å². The third kappa shape index (κ3) is 2.32. The summed E-state index contributed by atoms with van der Waals surface area (Å²) in [5.41, 5.74) is -3.84. The normalized spacial score (nSPS) is 12.6. The second-order valence-electron chi connectivity index (χ2n) is 2.78. The van der Waals surface area contributed by atoms with Gasteiger partial charge in [-0.15, -0.1) is 0 Å². The number of rotatable bonds is 5. The molecule has 0 aromatic rings. The Kier molecular flexibility index (Phi) is 4.72. The fraction of sp³-hybridized carbons (Fsp3) is 0.875. The molecule has 0 radical (unpaired) electrons. The van der Waals surface area contributed by atoms with Crippen LogP contribution in [0.3, 0.4) is 0 Å². The van der Waals surface area contributed by atoms with Crippen LogP contribution in [-0.4, -0.2) is 30.6 Å². The van der Waals surface area contributed by atoms with E-state index in [-0.39, 0.29) is 18.9 Å². The van der Waals surface area contributed by atoms with Crippen molar-refractivity contribution in [2.45, 2.75) is 26.4 Å². The minimum Gasteiger partial charge on any atom is -0.461 e. The highest BCUT2D eigenvalue weighted by Gasteiger charge is 2.55. The van der Waals surface area contributed by atoms with Gasteiger partial charge in [0.15, 0.2) is 7.14 Å². The smallest absolute Gasteiger partial charge is 0.391 e. The van der Waals surface area contributed by atoms with Crippen molar-refractivity contribution >= 4 is 13.1 Å². The van der Waals surface area contributed by atoms with E-state index in [2.05, 4.69) is 4.74 Å². The van der Waals surface area contributed by atoms with Gasteiger partial charge in [-0.05, 0) is 6.92 Å². The van der Waals surface area contributed by atoms with E-state index in [1.54, 1.807) is 0 Å². The van der Waals surface area contributed by atoms with Crippen LogP contribution in [0.1, 0.15) is 20.8 Å². The van der Waals surface area contributed by atoms with E-state index < -0.39 is 18.8 Å². The van der Waals surface area contributed by atoms with Crippen molar-refractivity contribution in [2.75, 3.05) is 18.9 Å². The molecule has 0 aliphatic heterocycles. The largest absolute Gasteiger partial charge is 0.461 e. The molecular formula is C8H15F2O3P. The highest BCUT2D eigenvalue weighted by molar-refractivity contribution is 7.66. The average molecular weight is 228 g/mol. The number of carbonyl (C=O) groups excluding carboxylic acids is 1. The highest BCUT2D eigenvalue weighted by Crippen LogP contribution is 2.59. The first-order valence-electron chi connectivity index (χ1n) is 4.48. The molecule has 0 spiro atoms. The van der Waals surface area contributed by atoms with Gasteiger partial charge in [0.05, 0.1) is 6.61 Å². The molecule has 0 unspecified atom stereocenters. The van der Waals surface area contributed by atoms with Crippen LogP contribution in [0.4, 0.5) is 8.78 Å². The molecule has 0 atom stereocenters. The van der Waals surface area contributed by atoms with Crippen LogP contribution < -0.4 is 0 Å². The molecule has 3 nitrogen and oxygen atoms in total. The van der Waals surface area contributed by atoms with Gasteiger partial charge in [-0.1, -0.05) is 13.8 Å². The maximum absolute atomic E-state index is 13.3. The average Bonchev–Trinajstić information content (AvgIpc) is 2.16. The summed E-state index contributed by atoms with van der Waals surface area (Å²) in [7, 11) is -3.78. The number of ether oxygens (including phenoxy) is 1. The Labute approximate surface area is 82.2 Å². The van der Waals surface area contributed by atoms with E-state index in [1.807, 2.05) is 0 Å². The van der Waals surface area contributed by atoms with Crippen molar-refractivity contribution < 1.29 is 22.9 Å². The first kappa shape index (κ1) is 13.6. The van der Waals surface area contributed by atoms with E-state index in [1.165, 1.54) is 20.8 Å². The zero-order valence-corrected chi connectivity index (χ0v) is 9.44. The summed E-state index contributed by atoms with van der Waals surface area (Å²) < 4.78 is 42.5. The molecule has 84 valence electrons. The number of carbonyl (C=O) groups is 1. The van der Waals surface area contributed by atoms with E-state index in [0.717, 1.165) is 0 Å². The Bertz CT molecular complexity index is 245. The fourth-order valence-electron chi connectivity index (χ4n) is 1.01. The van der Waals surface area contributed by atoms with E-state index in [9.17, 15) is 18.1 Å². The molecule has 0 saturated carbocycles. The van der Waals surface area contributed by atoms with Crippen LogP contribution in [0.15, 0.2) is 0 Å². The zero-order valence-electron chi connectivity index (χ0n) is 8.55. The van der Waals surface area contributed by atoms with Crippen molar-refractivity contribution in [2.24, 2.45) is 0 Å². The fourth-order valence-corrected chi connectivity index (χ4v) is 2.64. The Balaban J connectivity index is 4.92. The van der Waals surface area contributed by atoms with Gasteiger partial charge >= 0.3 is 11.6 Å². The van der Waals surface area contributed by atoms with Crippen molar-refractivity contribution in [1.82, 2.24) is 0 Å². The molecule has 0 aliphatic carbocycles. The molecular weight excluding hydrogens is 213 g/mol. The number of halogens is 2. The summed E-state index contributed by atoms with van der Waals surface area (Å²) in [6.07, 6.45) is -0.398. The van der Waals surface area contributed by atoms with Crippen LogP contribution in [0, 0.1) is 0 Å². The minimum atomic E-state index is -3.84. The molecule has 0 saturated heterocycles. The summed E-state index contributed by atoms with van der Waals surface area (Å²) in [6.45, 7) is 4.06. The van der Waals surface area contributed by atoms with Gasteiger partial charge in [0, 0.05) is 12.3 Å². The summed E-state index contributed by atoms with van der Waals surface area (Å²) in [4.78, 5) is 10.9. The molecule has 6 heteroatoms. The van der Waals surface area contributed by atoms with Gasteiger partial charge in [-0.3, -0.25) is 0 Å². The second-order valence-corrected chi connectivity index (χ2v) is 6.39. The SMILES string of the molecule is CCOC(=O)C(F)(F)P(=O)(CC)CC. The van der Waals surface area contributed by atoms with Gasteiger partial charge in [0.25, 0.3) is 0 Å². The summed E-state index contributed by atoms with van der Waals surface area (Å²) in [5, 5.41) is 0. The van der Waals surface area contributed by atoms with Gasteiger partial charge in [-0.25, -0.2) is 4.79 Å². The van der Waals surface area contributed by atoms with E-state index >= 15 is 0 Å². The molecule has 0 rings (SSSR count). The topological polar surface area (TPSA) is 43.4 Å². The first-order chi connectivity index (χ1) is 6.35. The van der Waals surface area contributed by atoms with Crippen molar-refractivity contribution in [3.05, 3.63) is 0 Å². The number of hydrogen-bond acceptors (Lipinski definition) is 3. The van der Waals surface area contributed by atoms with Gasteiger partial charge in [0.2, 0.25) is 0 Å². The number of esters is 1. The quantitative estimate of drug-likeness (QED) is 0.536. The molecule has 0 bridgehead atoms. The Morgan fingerprint density at radius 3 is 2.00 bits per heavy atom. The maximum atomic E-state index is 13.3. The van der Waals surface area contributed by atoms with Crippen molar-refractivity contribution in [3.63, 3.8) is 0 Å². The molecule has 0 heterocycles. The molecule has 0 aromatic carbocycles. The van der Waals surface area contributed by atoms with Crippen molar-refractivity contribution in [1.29, 1.82) is 0 Å². The lowest BCUT2D eigenvalue weighted by Gasteiger charge is -2.23. The molecule has 0 aliphatic rings. The Morgan fingerprint density at radius 1 is 1.29 bits per heavy atom. The second kappa shape index (κ2) is 4.87. The third-order valence-electron chi connectivity index (χ3n) is 2.05. The molecule has 0 fully saturated rings. The lowest BCUT2D eigenvalue weighted by molar-refractivity contribution is -0.160. The van der Waals surface area contributed by atoms with Gasteiger partial charge in [-0.2, -0.15) is 8.78 Å². The molecule has 14 heavy (non-hydrogen) atoms. The predicted octanol–water partition coefficient (Wildman–Crippen LogP) is 2.55. The van der Waals surface area contributed by atoms with Crippen LogP contribution >= 0.6 is 7.14 Å². The molecule has 0 amide bonds. The minimum absolute atomic E-state index is 0.137.